The van der Waals surface area contributed by atoms with E-state index in [0.29, 0.717) is 15.6 Å². The fourth-order valence-corrected chi connectivity index (χ4v) is 2.64. The highest BCUT2D eigenvalue weighted by Gasteiger charge is 2.16. The maximum Gasteiger partial charge on any atom is 0.263 e. The second-order valence-corrected chi connectivity index (χ2v) is 5.30. The molecule has 0 aliphatic heterocycles. The van der Waals surface area contributed by atoms with Gasteiger partial charge in [0.2, 0.25) is 5.91 Å². The molecule has 7 heteroatoms. The Morgan fingerprint density at radius 2 is 1.95 bits per heavy atom. The molecule has 0 unspecified atom stereocenters. The van der Waals surface area contributed by atoms with Crippen molar-refractivity contribution in [2.75, 3.05) is 13.6 Å². The molecule has 110 valence electrons. The molecule has 2 amide bonds. The van der Waals surface area contributed by atoms with Gasteiger partial charge in [-0.15, -0.1) is 11.3 Å². The quantitative estimate of drug-likeness (QED) is 0.904. The maximum atomic E-state index is 12.9. The Hall–Kier alpha value is -2.28. The lowest BCUT2D eigenvalue weighted by atomic mass is 10.2. The SMILES string of the molecule is CNC(=O)CNC(=O)c1sc(-c2ccc(F)cc2)nc1C. The summed E-state index contributed by atoms with van der Waals surface area (Å²) in [5.74, 6) is -0.943. The molecule has 0 atom stereocenters. The predicted octanol–water partition coefficient (Wildman–Crippen LogP) is 1.73. The average molecular weight is 307 g/mol. The number of halogens is 1. The monoisotopic (exact) mass is 307 g/mol. The summed E-state index contributed by atoms with van der Waals surface area (Å²) in [6, 6.07) is 5.91. The highest BCUT2D eigenvalue weighted by atomic mass is 32.1. The molecule has 0 radical (unpaired) electrons. The highest BCUT2D eigenvalue weighted by Crippen LogP contribution is 2.27. The number of amides is 2. The lowest BCUT2D eigenvalue weighted by molar-refractivity contribution is -0.119. The third-order valence-corrected chi connectivity index (χ3v) is 3.99. The van der Waals surface area contributed by atoms with E-state index in [0.717, 1.165) is 5.56 Å². The molecular weight excluding hydrogens is 293 g/mol. The number of nitrogens with zero attached hydrogens (tertiary/aromatic N) is 1. The first-order chi connectivity index (χ1) is 10.0. The zero-order valence-electron chi connectivity index (χ0n) is 11.6. The summed E-state index contributed by atoms with van der Waals surface area (Å²) < 4.78 is 12.9. The molecule has 1 heterocycles. The van der Waals surface area contributed by atoms with E-state index in [-0.39, 0.29) is 24.2 Å². The number of thiazole rings is 1. The van der Waals surface area contributed by atoms with Gasteiger partial charge in [0.25, 0.3) is 5.91 Å². The number of aryl methyl sites for hydroxylation is 1. The molecule has 0 spiro atoms. The fraction of sp³-hybridized carbons (Fsp3) is 0.214. The third-order valence-electron chi connectivity index (χ3n) is 2.78. The normalized spacial score (nSPS) is 10.2. The summed E-state index contributed by atoms with van der Waals surface area (Å²) in [5.41, 5.74) is 1.32. The van der Waals surface area contributed by atoms with Crippen molar-refractivity contribution in [1.29, 1.82) is 0 Å². The van der Waals surface area contributed by atoms with Crippen molar-refractivity contribution in [3.05, 3.63) is 40.7 Å². The van der Waals surface area contributed by atoms with Crippen molar-refractivity contribution in [2.24, 2.45) is 0 Å². The highest BCUT2D eigenvalue weighted by molar-refractivity contribution is 7.17. The number of carbonyl (C=O) groups is 2. The van der Waals surface area contributed by atoms with Crippen LogP contribution in [0.4, 0.5) is 4.39 Å². The molecule has 0 saturated heterocycles. The topological polar surface area (TPSA) is 71.1 Å². The molecule has 0 saturated carbocycles. The number of hydrogen-bond donors (Lipinski definition) is 2. The van der Waals surface area contributed by atoms with Crippen molar-refractivity contribution in [2.45, 2.75) is 6.92 Å². The van der Waals surface area contributed by atoms with Crippen molar-refractivity contribution in [1.82, 2.24) is 15.6 Å². The van der Waals surface area contributed by atoms with E-state index in [1.165, 1.54) is 30.5 Å². The van der Waals surface area contributed by atoms with Gasteiger partial charge in [-0.3, -0.25) is 9.59 Å². The van der Waals surface area contributed by atoms with Gasteiger partial charge in [-0.25, -0.2) is 9.37 Å². The molecule has 1 aromatic heterocycles. The van der Waals surface area contributed by atoms with Gasteiger partial charge in [0.15, 0.2) is 0 Å². The number of likely N-dealkylation sites (N-methyl/N-ethyl adjacent to an activating group) is 1. The number of aromatic nitrogens is 1. The zero-order chi connectivity index (χ0) is 15.4. The minimum Gasteiger partial charge on any atom is -0.358 e. The van der Waals surface area contributed by atoms with E-state index in [1.807, 2.05) is 0 Å². The van der Waals surface area contributed by atoms with Gasteiger partial charge in [-0.05, 0) is 31.2 Å². The van der Waals surface area contributed by atoms with Crippen LogP contribution in [-0.2, 0) is 4.79 Å². The molecule has 0 bridgehead atoms. The van der Waals surface area contributed by atoms with Gasteiger partial charge >= 0.3 is 0 Å². The Morgan fingerprint density at radius 1 is 1.29 bits per heavy atom. The molecule has 2 aromatic rings. The zero-order valence-corrected chi connectivity index (χ0v) is 12.4. The Morgan fingerprint density at radius 3 is 2.57 bits per heavy atom. The van der Waals surface area contributed by atoms with Crippen LogP contribution in [0.2, 0.25) is 0 Å². The smallest absolute Gasteiger partial charge is 0.263 e. The molecule has 5 nitrogen and oxygen atoms in total. The first kappa shape index (κ1) is 15.1. The van der Waals surface area contributed by atoms with Crippen LogP contribution in [0.15, 0.2) is 24.3 Å². The van der Waals surface area contributed by atoms with Crippen LogP contribution in [0.25, 0.3) is 10.6 Å². The number of carbonyl (C=O) groups excluding carboxylic acids is 2. The van der Waals surface area contributed by atoms with E-state index >= 15 is 0 Å². The standard InChI is InChI=1S/C14H14FN3O2S/c1-8-12(13(20)17-7-11(19)16-2)21-14(18-8)9-3-5-10(15)6-4-9/h3-6H,7H2,1-2H3,(H,16,19)(H,17,20). The average Bonchev–Trinajstić information content (AvgIpc) is 2.87. The van der Waals surface area contributed by atoms with E-state index in [1.54, 1.807) is 19.1 Å². The number of hydrogen-bond acceptors (Lipinski definition) is 4. The summed E-state index contributed by atoms with van der Waals surface area (Å²) in [5, 5.41) is 5.58. The minimum atomic E-state index is -0.345. The van der Waals surface area contributed by atoms with Gasteiger partial charge in [-0.1, -0.05) is 0 Å². The fourth-order valence-electron chi connectivity index (χ4n) is 1.65. The second kappa shape index (κ2) is 6.45. The largest absolute Gasteiger partial charge is 0.358 e. The molecular formula is C14H14FN3O2S. The Balaban J connectivity index is 2.17. The molecule has 2 N–H and O–H groups in total. The van der Waals surface area contributed by atoms with Crippen LogP contribution in [0.5, 0.6) is 0 Å². The van der Waals surface area contributed by atoms with Crippen LogP contribution >= 0.6 is 11.3 Å². The first-order valence-electron chi connectivity index (χ1n) is 6.23. The first-order valence-corrected chi connectivity index (χ1v) is 7.05. The maximum absolute atomic E-state index is 12.9. The third kappa shape index (κ3) is 3.63. The minimum absolute atomic E-state index is 0.0848. The van der Waals surface area contributed by atoms with Gasteiger partial charge < -0.3 is 10.6 Å². The van der Waals surface area contributed by atoms with E-state index in [2.05, 4.69) is 15.6 Å². The number of rotatable bonds is 4. The van der Waals surface area contributed by atoms with Crippen LogP contribution in [0, 0.1) is 12.7 Å². The lowest BCUT2D eigenvalue weighted by Crippen LogP contribution is -2.35. The molecule has 0 aliphatic rings. The van der Waals surface area contributed by atoms with Crippen LogP contribution < -0.4 is 10.6 Å². The van der Waals surface area contributed by atoms with E-state index in [9.17, 15) is 14.0 Å². The predicted molar refractivity (Wildman–Crippen MR) is 78.6 cm³/mol. The van der Waals surface area contributed by atoms with Crippen molar-refractivity contribution in [3.63, 3.8) is 0 Å². The second-order valence-electron chi connectivity index (χ2n) is 4.30. The Labute approximate surface area is 125 Å². The summed E-state index contributed by atoms with van der Waals surface area (Å²) in [6.45, 7) is 1.64. The number of benzene rings is 1. The molecule has 2 rings (SSSR count). The van der Waals surface area contributed by atoms with Gasteiger partial charge in [0.05, 0.1) is 12.2 Å². The van der Waals surface area contributed by atoms with Gasteiger partial charge in [0.1, 0.15) is 15.7 Å². The molecule has 0 aliphatic carbocycles. The van der Waals surface area contributed by atoms with Crippen molar-refractivity contribution in [3.8, 4) is 10.6 Å². The van der Waals surface area contributed by atoms with Crippen molar-refractivity contribution < 1.29 is 14.0 Å². The van der Waals surface area contributed by atoms with Crippen LogP contribution in [0.1, 0.15) is 15.4 Å². The van der Waals surface area contributed by atoms with Crippen LogP contribution in [-0.4, -0.2) is 30.4 Å². The van der Waals surface area contributed by atoms with Crippen LogP contribution in [0.3, 0.4) is 0 Å². The van der Waals surface area contributed by atoms with Gasteiger partial charge in [0, 0.05) is 12.6 Å². The van der Waals surface area contributed by atoms with Crippen molar-refractivity contribution >= 4 is 23.2 Å². The summed E-state index contributed by atoms with van der Waals surface area (Å²) in [7, 11) is 1.50. The van der Waals surface area contributed by atoms with Gasteiger partial charge in [-0.2, -0.15) is 0 Å². The lowest BCUT2D eigenvalue weighted by Gasteiger charge is -2.02. The summed E-state index contributed by atoms with van der Waals surface area (Å²) in [6.07, 6.45) is 0. The van der Waals surface area contributed by atoms with E-state index in [4.69, 9.17) is 0 Å². The molecule has 1 aromatic carbocycles. The summed E-state index contributed by atoms with van der Waals surface area (Å²) >= 11 is 1.21. The van der Waals surface area contributed by atoms with E-state index < -0.39 is 0 Å². The Kier molecular flexibility index (Phi) is 4.64. The Bertz CT molecular complexity index is 667. The molecule has 21 heavy (non-hydrogen) atoms. The summed E-state index contributed by atoms with van der Waals surface area (Å²) in [4.78, 5) is 27.9. The number of nitrogens with one attached hydrogen (secondary N) is 2. The molecule has 0 fully saturated rings.